The van der Waals surface area contributed by atoms with Gasteiger partial charge in [-0.2, -0.15) is 15.0 Å². The van der Waals surface area contributed by atoms with Gasteiger partial charge < -0.3 is 5.32 Å². The van der Waals surface area contributed by atoms with Gasteiger partial charge in [0.1, 0.15) is 16.6 Å². The molecule has 0 aliphatic heterocycles. The Morgan fingerprint density at radius 2 is 1.89 bits per heavy atom. The highest BCUT2D eigenvalue weighted by molar-refractivity contribution is 7.15. The van der Waals surface area contributed by atoms with Gasteiger partial charge in [0, 0.05) is 5.39 Å². The van der Waals surface area contributed by atoms with Crippen LogP contribution in [0, 0.1) is 39.0 Å². The molecule has 0 atom stereocenters. The average molecular weight is 375 g/mol. The van der Waals surface area contributed by atoms with Gasteiger partial charge in [-0.15, -0.1) is 10.2 Å². The second-order valence-electron chi connectivity index (χ2n) is 6.46. The van der Waals surface area contributed by atoms with Crippen molar-refractivity contribution in [2.75, 3.05) is 5.32 Å². The number of anilines is 2. The van der Waals surface area contributed by atoms with Crippen LogP contribution in [0.3, 0.4) is 0 Å². The van der Waals surface area contributed by atoms with E-state index in [2.05, 4.69) is 59.6 Å². The SMILES string of the molecule is Cc1cc(C)c2nc(-n3ncc(C#N)c3Nc3nnc(C)s3)cc(C)c2c1. The van der Waals surface area contributed by atoms with Crippen LogP contribution >= 0.6 is 11.3 Å². The zero-order valence-corrected chi connectivity index (χ0v) is 16.2. The highest BCUT2D eigenvalue weighted by Crippen LogP contribution is 2.28. The summed E-state index contributed by atoms with van der Waals surface area (Å²) in [5.74, 6) is 1.18. The standard InChI is InChI=1S/C19H17N7S/c1-10-5-12(3)17-15(6-10)11(2)7-16(22-17)26-18(14(8-20)9-21-26)23-19-25-24-13(4)27-19/h5-7,9H,1-4H3,(H,23,25). The summed E-state index contributed by atoms with van der Waals surface area (Å²) < 4.78 is 1.64. The number of nitrogens with zero attached hydrogens (tertiary/aromatic N) is 6. The quantitative estimate of drug-likeness (QED) is 0.579. The fourth-order valence-electron chi connectivity index (χ4n) is 3.11. The van der Waals surface area contributed by atoms with Crippen LogP contribution in [0.25, 0.3) is 16.7 Å². The fourth-order valence-corrected chi connectivity index (χ4v) is 3.70. The summed E-state index contributed by atoms with van der Waals surface area (Å²) in [5.41, 5.74) is 4.77. The molecule has 7 nitrogen and oxygen atoms in total. The van der Waals surface area contributed by atoms with Gasteiger partial charge in [-0.1, -0.05) is 23.0 Å². The highest BCUT2D eigenvalue weighted by atomic mass is 32.1. The summed E-state index contributed by atoms with van der Waals surface area (Å²) in [4.78, 5) is 4.82. The molecule has 134 valence electrons. The molecule has 0 spiro atoms. The van der Waals surface area contributed by atoms with Crippen molar-refractivity contribution in [3.63, 3.8) is 0 Å². The third-order valence-electron chi connectivity index (χ3n) is 4.30. The van der Waals surface area contributed by atoms with E-state index in [4.69, 9.17) is 4.98 Å². The molecule has 3 heterocycles. The first-order valence-corrected chi connectivity index (χ1v) is 9.22. The van der Waals surface area contributed by atoms with Crippen molar-refractivity contribution in [2.45, 2.75) is 27.7 Å². The van der Waals surface area contributed by atoms with Crippen LogP contribution in [-0.2, 0) is 0 Å². The Bertz CT molecular complexity index is 1210. The van der Waals surface area contributed by atoms with E-state index in [0.29, 0.717) is 22.3 Å². The van der Waals surface area contributed by atoms with Gasteiger partial charge in [-0.25, -0.2) is 4.98 Å². The smallest absolute Gasteiger partial charge is 0.211 e. The predicted octanol–water partition coefficient (Wildman–Crippen LogP) is 4.12. The van der Waals surface area contributed by atoms with Crippen molar-refractivity contribution in [1.29, 1.82) is 5.26 Å². The molecule has 1 aromatic carbocycles. The molecular weight excluding hydrogens is 358 g/mol. The molecule has 0 saturated carbocycles. The molecular formula is C19H17N7S. The maximum atomic E-state index is 9.47. The number of nitrogens with one attached hydrogen (secondary N) is 1. The van der Waals surface area contributed by atoms with E-state index in [0.717, 1.165) is 27.0 Å². The van der Waals surface area contributed by atoms with E-state index in [-0.39, 0.29) is 0 Å². The molecule has 3 aromatic heterocycles. The van der Waals surface area contributed by atoms with Gasteiger partial charge in [0.25, 0.3) is 0 Å². The van der Waals surface area contributed by atoms with Crippen molar-refractivity contribution in [1.82, 2.24) is 25.0 Å². The third kappa shape index (κ3) is 3.02. The summed E-state index contributed by atoms with van der Waals surface area (Å²) in [7, 11) is 0. The number of hydrogen-bond acceptors (Lipinski definition) is 7. The summed E-state index contributed by atoms with van der Waals surface area (Å²) >= 11 is 1.41. The van der Waals surface area contributed by atoms with Gasteiger partial charge >= 0.3 is 0 Å². The van der Waals surface area contributed by atoms with Gasteiger partial charge in [0.15, 0.2) is 11.6 Å². The van der Waals surface area contributed by atoms with Crippen LogP contribution in [0.2, 0.25) is 0 Å². The number of nitriles is 1. The summed E-state index contributed by atoms with van der Waals surface area (Å²) in [6.07, 6.45) is 1.53. The number of aromatic nitrogens is 5. The normalized spacial score (nSPS) is 10.9. The zero-order valence-electron chi connectivity index (χ0n) is 15.4. The van der Waals surface area contributed by atoms with E-state index in [1.54, 1.807) is 4.68 Å². The van der Waals surface area contributed by atoms with Gasteiger partial charge in [0.05, 0.1) is 11.7 Å². The first kappa shape index (κ1) is 17.1. The molecule has 4 aromatic rings. The molecule has 1 N–H and O–H groups in total. The van der Waals surface area contributed by atoms with Crippen LogP contribution in [-0.4, -0.2) is 25.0 Å². The molecule has 27 heavy (non-hydrogen) atoms. The lowest BCUT2D eigenvalue weighted by molar-refractivity contribution is 0.857. The minimum atomic E-state index is 0.419. The van der Waals surface area contributed by atoms with Crippen LogP contribution in [0.5, 0.6) is 0 Å². The molecule has 0 unspecified atom stereocenters. The second kappa shape index (κ2) is 6.45. The number of fused-ring (bicyclic) bond motifs is 1. The maximum Gasteiger partial charge on any atom is 0.211 e. The lowest BCUT2D eigenvalue weighted by atomic mass is 10.0. The first-order valence-electron chi connectivity index (χ1n) is 8.40. The number of pyridine rings is 1. The van der Waals surface area contributed by atoms with Crippen molar-refractivity contribution in [3.05, 3.63) is 51.7 Å². The minimum absolute atomic E-state index is 0.419. The van der Waals surface area contributed by atoms with E-state index < -0.39 is 0 Å². The Labute approximate surface area is 160 Å². The zero-order chi connectivity index (χ0) is 19.1. The van der Waals surface area contributed by atoms with E-state index in [1.807, 2.05) is 13.0 Å². The molecule has 0 aliphatic rings. The molecule has 0 saturated heterocycles. The molecule has 0 amide bonds. The molecule has 0 bridgehead atoms. The summed E-state index contributed by atoms with van der Waals surface area (Å²) in [6.45, 7) is 8.07. The van der Waals surface area contributed by atoms with Crippen LogP contribution < -0.4 is 5.32 Å². The lowest BCUT2D eigenvalue weighted by Gasteiger charge is -2.12. The number of aryl methyl sites for hydroxylation is 4. The van der Waals surface area contributed by atoms with Crippen molar-refractivity contribution < 1.29 is 0 Å². The maximum absolute atomic E-state index is 9.47. The lowest BCUT2D eigenvalue weighted by Crippen LogP contribution is -2.06. The number of rotatable bonds is 3. The topological polar surface area (TPSA) is 92.3 Å². The molecule has 0 aliphatic carbocycles. The number of benzene rings is 1. The minimum Gasteiger partial charge on any atom is -0.313 e. The summed E-state index contributed by atoms with van der Waals surface area (Å²) in [5, 5.41) is 27.7. The van der Waals surface area contributed by atoms with E-state index >= 15 is 0 Å². The first-order chi connectivity index (χ1) is 13.0. The van der Waals surface area contributed by atoms with Crippen LogP contribution in [0.15, 0.2) is 24.4 Å². The molecule has 8 heteroatoms. The Morgan fingerprint density at radius 3 is 2.59 bits per heavy atom. The molecule has 0 fully saturated rings. The van der Waals surface area contributed by atoms with Gasteiger partial charge in [0.2, 0.25) is 5.13 Å². The largest absolute Gasteiger partial charge is 0.313 e. The number of hydrogen-bond donors (Lipinski definition) is 1. The monoisotopic (exact) mass is 375 g/mol. The van der Waals surface area contributed by atoms with Crippen molar-refractivity contribution in [2.24, 2.45) is 0 Å². The van der Waals surface area contributed by atoms with Gasteiger partial charge in [-0.3, -0.25) is 0 Å². The predicted molar refractivity (Wildman–Crippen MR) is 106 cm³/mol. The Balaban J connectivity index is 1.89. The van der Waals surface area contributed by atoms with E-state index in [1.165, 1.54) is 23.1 Å². The van der Waals surface area contributed by atoms with Crippen LogP contribution in [0.1, 0.15) is 27.3 Å². The van der Waals surface area contributed by atoms with Crippen molar-refractivity contribution in [3.8, 4) is 11.9 Å². The van der Waals surface area contributed by atoms with Crippen LogP contribution in [0.4, 0.5) is 10.9 Å². The molecule has 0 radical (unpaired) electrons. The van der Waals surface area contributed by atoms with Gasteiger partial charge in [-0.05, 0) is 51.0 Å². The Morgan fingerprint density at radius 1 is 1.07 bits per heavy atom. The third-order valence-corrected chi connectivity index (χ3v) is 5.05. The Hall–Kier alpha value is -3.31. The fraction of sp³-hybridized carbons (Fsp3) is 0.211. The average Bonchev–Trinajstić information content (AvgIpc) is 3.22. The second-order valence-corrected chi connectivity index (χ2v) is 7.64. The summed E-state index contributed by atoms with van der Waals surface area (Å²) in [6, 6.07) is 8.40. The highest BCUT2D eigenvalue weighted by Gasteiger charge is 2.17. The Kier molecular flexibility index (Phi) is 4.09. The van der Waals surface area contributed by atoms with Crippen molar-refractivity contribution >= 4 is 33.2 Å². The molecule has 4 rings (SSSR count). The van der Waals surface area contributed by atoms with E-state index in [9.17, 15) is 5.26 Å².